The smallest absolute Gasteiger partial charge is 0.130 e. The number of benzene rings is 2. The Balaban J connectivity index is 1.48. The molecule has 0 unspecified atom stereocenters. The van der Waals surface area contributed by atoms with Gasteiger partial charge in [-0.05, 0) is 31.5 Å². The summed E-state index contributed by atoms with van der Waals surface area (Å²) in [6.07, 6.45) is 4.06. The maximum Gasteiger partial charge on any atom is 0.130 e. The Morgan fingerprint density at radius 1 is 1.23 bits per heavy atom. The highest BCUT2D eigenvalue weighted by atomic mass is 16.5. The summed E-state index contributed by atoms with van der Waals surface area (Å²) in [5.74, 6) is 2.71. The number of aryl methyl sites for hydroxylation is 1. The van der Waals surface area contributed by atoms with Gasteiger partial charge in [0.15, 0.2) is 0 Å². The van der Waals surface area contributed by atoms with E-state index in [4.69, 9.17) is 14.7 Å². The van der Waals surface area contributed by atoms with E-state index in [2.05, 4.69) is 53.1 Å². The van der Waals surface area contributed by atoms with Gasteiger partial charge in [0.05, 0.1) is 42.6 Å². The molecular formula is C24H24N5O. The lowest BCUT2D eigenvalue weighted by Crippen LogP contribution is -2.39. The number of hydrogen-bond donors (Lipinski definition) is 2. The Labute approximate surface area is 176 Å². The lowest BCUT2D eigenvalue weighted by molar-refractivity contribution is 0.380. The van der Waals surface area contributed by atoms with Crippen molar-refractivity contribution in [3.05, 3.63) is 77.8 Å². The van der Waals surface area contributed by atoms with Crippen LogP contribution in [0.15, 0.2) is 59.6 Å². The molecule has 1 aromatic heterocycles. The highest BCUT2D eigenvalue weighted by Gasteiger charge is 2.33. The number of amidine groups is 1. The molecule has 3 aromatic rings. The van der Waals surface area contributed by atoms with E-state index >= 15 is 0 Å². The molecule has 1 fully saturated rings. The van der Waals surface area contributed by atoms with E-state index in [0.29, 0.717) is 6.54 Å². The third kappa shape index (κ3) is 3.34. The molecule has 2 N–H and O–H groups in total. The second kappa shape index (κ2) is 7.37. The maximum atomic E-state index is 5.34. The minimum atomic E-state index is 0.0771. The summed E-state index contributed by atoms with van der Waals surface area (Å²) in [6.45, 7) is 7.73. The average molecular weight is 398 g/mol. The predicted molar refractivity (Wildman–Crippen MR) is 119 cm³/mol. The van der Waals surface area contributed by atoms with Crippen LogP contribution in [0.1, 0.15) is 29.4 Å². The van der Waals surface area contributed by atoms with Gasteiger partial charge >= 0.3 is 0 Å². The molecule has 2 aliphatic rings. The molecule has 1 atom stereocenters. The zero-order valence-electron chi connectivity index (χ0n) is 17.2. The van der Waals surface area contributed by atoms with Crippen molar-refractivity contribution < 1.29 is 4.74 Å². The minimum absolute atomic E-state index is 0.0771. The average Bonchev–Trinajstić information content (AvgIpc) is 3.36. The summed E-state index contributed by atoms with van der Waals surface area (Å²) >= 11 is 0. The van der Waals surface area contributed by atoms with Gasteiger partial charge in [-0.3, -0.25) is 0 Å². The van der Waals surface area contributed by atoms with E-state index in [0.717, 1.165) is 52.7 Å². The third-order valence-corrected chi connectivity index (χ3v) is 5.59. The van der Waals surface area contributed by atoms with Crippen LogP contribution in [0.3, 0.4) is 0 Å². The molecule has 2 aliphatic heterocycles. The van der Waals surface area contributed by atoms with Crippen LogP contribution in [0.2, 0.25) is 0 Å². The number of fused-ring (bicyclic) bond motifs is 1. The van der Waals surface area contributed by atoms with Crippen LogP contribution >= 0.6 is 0 Å². The van der Waals surface area contributed by atoms with Crippen molar-refractivity contribution in [2.24, 2.45) is 4.99 Å². The fraction of sp³-hybridized carbons (Fsp3) is 0.250. The van der Waals surface area contributed by atoms with Crippen molar-refractivity contribution in [2.45, 2.75) is 19.4 Å². The third-order valence-electron chi connectivity index (χ3n) is 5.59. The predicted octanol–water partition coefficient (Wildman–Crippen LogP) is 3.99. The van der Waals surface area contributed by atoms with Crippen molar-refractivity contribution >= 4 is 22.6 Å². The van der Waals surface area contributed by atoms with Gasteiger partial charge in [0.25, 0.3) is 0 Å². The van der Waals surface area contributed by atoms with Gasteiger partial charge in [0.2, 0.25) is 0 Å². The van der Waals surface area contributed by atoms with Crippen LogP contribution in [-0.4, -0.2) is 40.9 Å². The zero-order chi connectivity index (χ0) is 20.7. The topological polar surface area (TPSA) is 65.5 Å². The molecule has 0 aliphatic carbocycles. The molecule has 3 heterocycles. The first-order valence-electron chi connectivity index (χ1n) is 10.1. The van der Waals surface area contributed by atoms with Crippen LogP contribution in [0, 0.1) is 13.1 Å². The van der Waals surface area contributed by atoms with Crippen LogP contribution in [0.25, 0.3) is 16.7 Å². The molecule has 0 bridgehead atoms. The molecule has 30 heavy (non-hydrogen) atoms. The summed E-state index contributed by atoms with van der Waals surface area (Å²) in [7, 11) is 1.67. The molecular weight excluding hydrogens is 374 g/mol. The van der Waals surface area contributed by atoms with Crippen molar-refractivity contribution in [3.8, 4) is 5.75 Å². The number of aliphatic imine (C=N–C) groups is 1. The highest BCUT2D eigenvalue weighted by molar-refractivity contribution is 5.92. The Bertz CT molecular complexity index is 1190. The molecule has 6 heteroatoms. The van der Waals surface area contributed by atoms with Crippen molar-refractivity contribution in [1.29, 1.82) is 0 Å². The van der Waals surface area contributed by atoms with Gasteiger partial charge in [0, 0.05) is 18.2 Å². The monoisotopic (exact) mass is 398 g/mol. The first kappa shape index (κ1) is 18.5. The first-order valence-corrected chi connectivity index (χ1v) is 10.1. The Kier molecular flexibility index (Phi) is 4.54. The van der Waals surface area contributed by atoms with E-state index in [1.165, 1.54) is 11.1 Å². The van der Waals surface area contributed by atoms with Crippen molar-refractivity contribution in [2.75, 3.05) is 20.2 Å². The van der Waals surface area contributed by atoms with E-state index in [1.807, 2.05) is 24.3 Å². The van der Waals surface area contributed by atoms with Gasteiger partial charge in [-0.2, -0.15) is 0 Å². The van der Waals surface area contributed by atoms with Gasteiger partial charge in [-0.15, -0.1) is 0 Å². The standard InChI is InChI=1S/C24H24N5O/c1-15-5-4-6-17(9-15)21-12-25-13-23(26-21)29-14-16(2)10-22(29)24-27-19-8-7-18(30-3)11-20(19)28-24/h4-9,11,22,25H,2,10,13-14H2,1,3H3,(H,27,28)/t22-/m0/s1. The van der Waals surface area contributed by atoms with Gasteiger partial charge in [0.1, 0.15) is 17.4 Å². The first-order chi connectivity index (χ1) is 14.6. The normalized spacial score (nSPS) is 18.9. The van der Waals surface area contributed by atoms with Crippen LogP contribution in [0.4, 0.5) is 0 Å². The van der Waals surface area contributed by atoms with E-state index in [1.54, 1.807) is 7.11 Å². The maximum absolute atomic E-state index is 5.34. The van der Waals surface area contributed by atoms with E-state index < -0.39 is 0 Å². The molecule has 0 amide bonds. The largest absolute Gasteiger partial charge is 0.497 e. The van der Waals surface area contributed by atoms with E-state index in [-0.39, 0.29) is 6.04 Å². The van der Waals surface area contributed by atoms with Crippen molar-refractivity contribution in [1.82, 2.24) is 20.2 Å². The lowest BCUT2D eigenvalue weighted by atomic mass is 10.1. The number of rotatable bonds is 3. The van der Waals surface area contributed by atoms with Gasteiger partial charge < -0.3 is 19.9 Å². The summed E-state index contributed by atoms with van der Waals surface area (Å²) in [4.78, 5) is 15.6. The lowest BCUT2D eigenvalue weighted by Gasteiger charge is -2.28. The van der Waals surface area contributed by atoms with Crippen LogP contribution in [-0.2, 0) is 0 Å². The number of ether oxygens (including phenoxy) is 1. The fourth-order valence-corrected chi connectivity index (χ4v) is 4.10. The molecule has 6 nitrogen and oxygen atoms in total. The van der Waals surface area contributed by atoms with Gasteiger partial charge in [-0.25, -0.2) is 9.98 Å². The second-order valence-electron chi connectivity index (χ2n) is 7.83. The van der Waals surface area contributed by atoms with Crippen LogP contribution in [0.5, 0.6) is 5.75 Å². The summed E-state index contributed by atoms with van der Waals surface area (Å²) in [6, 6.07) is 14.3. The molecule has 5 rings (SSSR count). The summed E-state index contributed by atoms with van der Waals surface area (Å²) in [5.41, 5.74) is 6.17. The van der Waals surface area contributed by atoms with Gasteiger partial charge in [-0.1, -0.05) is 35.9 Å². The fourth-order valence-electron chi connectivity index (χ4n) is 4.10. The van der Waals surface area contributed by atoms with Crippen molar-refractivity contribution in [3.63, 3.8) is 0 Å². The zero-order valence-corrected chi connectivity index (χ0v) is 17.2. The molecule has 0 saturated carbocycles. The number of hydrogen-bond acceptors (Lipinski definition) is 5. The number of imidazole rings is 1. The Hall–Kier alpha value is -3.54. The Morgan fingerprint density at radius 3 is 2.97 bits per heavy atom. The molecule has 2 aromatic carbocycles. The molecule has 1 radical (unpaired) electrons. The minimum Gasteiger partial charge on any atom is -0.497 e. The number of aromatic amines is 1. The van der Waals surface area contributed by atoms with E-state index in [9.17, 15) is 0 Å². The number of H-pyrrole nitrogens is 1. The number of methoxy groups -OCH3 is 1. The SMILES string of the molecule is C=C1C[C@@H](c2nc3cc(OC)ccc3[nH]2)N(C2=NC(c3cccc(C)c3)=[C]NC2)C1. The second-order valence-corrected chi connectivity index (χ2v) is 7.83. The Morgan fingerprint density at radius 2 is 2.13 bits per heavy atom. The highest BCUT2D eigenvalue weighted by Crippen LogP contribution is 2.35. The van der Waals surface area contributed by atoms with Crippen LogP contribution < -0.4 is 10.1 Å². The summed E-state index contributed by atoms with van der Waals surface area (Å²) < 4.78 is 5.34. The number of aromatic nitrogens is 2. The molecule has 0 spiro atoms. The summed E-state index contributed by atoms with van der Waals surface area (Å²) in [5, 5.41) is 3.27. The quantitative estimate of drug-likeness (QED) is 0.655. The number of nitrogens with one attached hydrogen (secondary N) is 2. The number of likely N-dealkylation sites (tertiary alicyclic amines) is 1. The molecule has 151 valence electrons. The number of nitrogens with zero attached hydrogens (tertiary/aromatic N) is 3. The molecule has 1 saturated heterocycles.